The fourth-order valence-corrected chi connectivity index (χ4v) is 4.14. The van der Waals surface area contributed by atoms with Gasteiger partial charge in [0.2, 0.25) is 0 Å². The van der Waals surface area contributed by atoms with Crippen LogP contribution in [0.3, 0.4) is 0 Å². The van der Waals surface area contributed by atoms with E-state index in [0.29, 0.717) is 6.04 Å². The van der Waals surface area contributed by atoms with E-state index in [0.717, 1.165) is 48.6 Å². The summed E-state index contributed by atoms with van der Waals surface area (Å²) >= 11 is 0. The minimum absolute atomic E-state index is 0.105. The predicted molar refractivity (Wildman–Crippen MR) is 106 cm³/mol. The third-order valence-electron chi connectivity index (χ3n) is 5.69. The van der Waals surface area contributed by atoms with E-state index in [1.54, 1.807) is 6.08 Å². The Bertz CT molecular complexity index is 683. The molecule has 26 heavy (non-hydrogen) atoms. The van der Waals surface area contributed by atoms with Gasteiger partial charge in [0.05, 0.1) is 0 Å². The van der Waals surface area contributed by atoms with Crippen molar-refractivity contribution in [2.75, 3.05) is 26.7 Å². The highest BCUT2D eigenvalue weighted by molar-refractivity contribution is 5.56. The van der Waals surface area contributed by atoms with Gasteiger partial charge in [-0.3, -0.25) is 4.90 Å². The fourth-order valence-electron chi connectivity index (χ4n) is 4.14. The molecule has 2 atom stereocenters. The normalized spacial score (nSPS) is 27.5. The van der Waals surface area contributed by atoms with Crippen LogP contribution in [-0.2, 0) is 0 Å². The monoisotopic (exact) mass is 360 g/mol. The summed E-state index contributed by atoms with van der Waals surface area (Å²) in [4.78, 5) is 6.79. The Morgan fingerprint density at radius 2 is 2.08 bits per heavy atom. The second kappa shape index (κ2) is 6.86. The molecule has 1 N–H and O–H groups in total. The molecule has 0 bridgehead atoms. The standard InChI is InChI=1S/C21H33FN4/c1-8-25(16-9-10-24(7)13-16)20-18(22)11-17-15(3)14(2)12-26(19(17)23-20)21(4,5)6/h11-12,16,20,23H,3,8-10,13H2,1-2,4-7H3. The van der Waals surface area contributed by atoms with Crippen LogP contribution in [0.15, 0.2) is 47.2 Å². The summed E-state index contributed by atoms with van der Waals surface area (Å²) in [5, 5.41) is 3.52. The Morgan fingerprint density at radius 1 is 1.38 bits per heavy atom. The maximum Gasteiger partial charge on any atom is 0.138 e. The molecule has 2 unspecified atom stereocenters. The molecule has 0 aromatic rings. The first kappa shape index (κ1) is 19.2. The topological polar surface area (TPSA) is 21.8 Å². The molecular weight excluding hydrogens is 327 g/mol. The number of rotatable bonds is 3. The van der Waals surface area contributed by atoms with Gasteiger partial charge in [0.25, 0.3) is 0 Å². The van der Waals surface area contributed by atoms with Gasteiger partial charge in [-0.05, 0) is 71.5 Å². The average molecular weight is 361 g/mol. The van der Waals surface area contributed by atoms with Crippen molar-refractivity contribution in [3.63, 3.8) is 0 Å². The Kier molecular flexibility index (Phi) is 5.06. The van der Waals surface area contributed by atoms with Crippen molar-refractivity contribution in [2.24, 2.45) is 0 Å². The van der Waals surface area contributed by atoms with Crippen molar-refractivity contribution < 1.29 is 4.39 Å². The zero-order chi connectivity index (χ0) is 19.2. The molecule has 0 saturated carbocycles. The van der Waals surface area contributed by atoms with Crippen LogP contribution in [0, 0.1) is 0 Å². The number of nitrogens with one attached hydrogen (secondary N) is 1. The minimum atomic E-state index is -0.417. The largest absolute Gasteiger partial charge is 0.350 e. The van der Waals surface area contributed by atoms with E-state index in [1.807, 2.05) is 6.92 Å². The smallest absolute Gasteiger partial charge is 0.138 e. The summed E-state index contributed by atoms with van der Waals surface area (Å²) in [6.07, 6.45) is 4.48. The first-order valence-electron chi connectivity index (χ1n) is 9.63. The number of dihydropyridines is 1. The van der Waals surface area contributed by atoms with E-state index in [4.69, 9.17) is 0 Å². The highest BCUT2D eigenvalue weighted by Crippen LogP contribution is 2.37. The summed E-state index contributed by atoms with van der Waals surface area (Å²) in [7, 11) is 2.13. The number of allylic oxidation sites excluding steroid dienone is 4. The van der Waals surface area contributed by atoms with Gasteiger partial charge in [-0.25, -0.2) is 4.39 Å². The maximum absolute atomic E-state index is 15.2. The van der Waals surface area contributed by atoms with Gasteiger partial charge >= 0.3 is 0 Å². The molecule has 1 fully saturated rings. The molecule has 0 aromatic heterocycles. The lowest BCUT2D eigenvalue weighted by atomic mass is 9.92. The van der Waals surface area contributed by atoms with Gasteiger partial charge in [0.15, 0.2) is 0 Å². The van der Waals surface area contributed by atoms with Gasteiger partial charge in [-0.1, -0.05) is 13.5 Å². The van der Waals surface area contributed by atoms with Crippen molar-refractivity contribution in [1.29, 1.82) is 0 Å². The number of hydrogen-bond acceptors (Lipinski definition) is 4. The van der Waals surface area contributed by atoms with Crippen molar-refractivity contribution in [2.45, 2.75) is 58.8 Å². The third-order valence-corrected chi connectivity index (χ3v) is 5.69. The first-order chi connectivity index (χ1) is 12.1. The molecule has 0 amide bonds. The van der Waals surface area contributed by atoms with Gasteiger partial charge in [-0.15, -0.1) is 0 Å². The summed E-state index contributed by atoms with van der Waals surface area (Å²) in [5.74, 6) is 0.842. The molecule has 3 aliphatic rings. The molecule has 1 saturated heterocycles. The quantitative estimate of drug-likeness (QED) is 0.830. The lowest BCUT2D eigenvalue weighted by Crippen LogP contribution is -2.56. The molecule has 3 heterocycles. The molecule has 4 nitrogen and oxygen atoms in total. The van der Waals surface area contributed by atoms with Crippen molar-refractivity contribution in [3.8, 4) is 0 Å². The SMILES string of the molecule is C=C1C(C)=CN(C(C)(C)C)C2=C1C=C(F)C(N(CC)C1CCN(C)C1)N2. The lowest BCUT2D eigenvalue weighted by molar-refractivity contribution is 0.114. The van der Waals surface area contributed by atoms with E-state index < -0.39 is 6.17 Å². The summed E-state index contributed by atoms with van der Waals surface area (Å²) in [6, 6.07) is 0.371. The highest BCUT2D eigenvalue weighted by atomic mass is 19.1. The van der Waals surface area contributed by atoms with Crippen LogP contribution in [0.4, 0.5) is 4.39 Å². The first-order valence-corrected chi connectivity index (χ1v) is 9.63. The highest BCUT2D eigenvalue weighted by Gasteiger charge is 2.38. The van der Waals surface area contributed by atoms with E-state index >= 15 is 4.39 Å². The van der Waals surface area contributed by atoms with E-state index in [9.17, 15) is 0 Å². The summed E-state index contributed by atoms with van der Waals surface area (Å²) < 4.78 is 15.2. The molecular formula is C21H33FN4. The second-order valence-corrected chi connectivity index (χ2v) is 8.71. The minimum Gasteiger partial charge on any atom is -0.350 e. The number of likely N-dealkylation sites (N-methyl/N-ethyl adjacent to an activating group) is 2. The van der Waals surface area contributed by atoms with Crippen LogP contribution in [0.1, 0.15) is 41.0 Å². The Hall–Kier alpha value is -1.59. The molecule has 0 radical (unpaired) electrons. The lowest BCUT2D eigenvalue weighted by Gasteiger charge is -2.46. The summed E-state index contributed by atoms with van der Waals surface area (Å²) in [5.41, 5.74) is 2.73. The molecule has 5 heteroatoms. The third kappa shape index (κ3) is 3.35. The van der Waals surface area contributed by atoms with Crippen molar-refractivity contribution >= 4 is 0 Å². The molecule has 0 aromatic carbocycles. The van der Waals surface area contributed by atoms with Crippen LogP contribution >= 0.6 is 0 Å². The molecule has 144 valence electrons. The van der Waals surface area contributed by atoms with Crippen LogP contribution in [0.25, 0.3) is 0 Å². The molecule has 3 aliphatic heterocycles. The van der Waals surface area contributed by atoms with Gasteiger partial charge < -0.3 is 15.1 Å². The van der Waals surface area contributed by atoms with Gasteiger partial charge in [0, 0.05) is 29.9 Å². The summed E-state index contributed by atoms with van der Waals surface area (Å²) in [6.45, 7) is 17.7. The van der Waals surface area contributed by atoms with Gasteiger partial charge in [0.1, 0.15) is 17.8 Å². The maximum atomic E-state index is 15.2. The average Bonchev–Trinajstić information content (AvgIpc) is 2.98. The van der Waals surface area contributed by atoms with Crippen LogP contribution in [-0.4, -0.2) is 59.1 Å². The molecule has 0 aliphatic carbocycles. The van der Waals surface area contributed by atoms with Crippen LogP contribution in [0.5, 0.6) is 0 Å². The fraction of sp³-hybridized carbons (Fsp3) is 0.619. The van der Waals surface area contributed by atoms with E-state index in [2.05, 4.69) is 67.5 Å². The molecule has 3 rings (SSSR count). The van der Waals surface area contributed by atoms with Crippen LogP contribution in [0.2, 0.25) is 0 Å². The van der Waals surface area contributed by atoms with Crippen molar-refractivity contribution in [3.05, 3.63) is 47.2 Å². The second-order valence-electron chi connectivity index (χ2n) is 8.71. The van der Waals surface area contributed by atoms with E-state index in [1.165, 1.54) is 0 Å². The number of nitrogens with zero attached hydrogens (tertiary/aromatic N) is 3. The zero-order valence-corrected chi connectivity index (χ0v) is 17.1. The zero-order valence-electron chi connectivity index (χ0n) is 17.1. The molecule has 0 spiro atoms. The van der Waals surface area contributed by atoms with E-state index in [-0.39, 0.29) is 11.4 Å². The van der Waals surface area contributed by atoms with Crippen molar-refractivity contribution in [1.82, 2.24) is 20.0 Å². The van der Waals surface area contributed by atoms with Crippen LogP contribution < -0.4 is 5.32 Å². The Balaban J connectivity index is 1.94. The number of hydrogen-bond donors (Lipinski definition) is 1. The predicted octanol–water partition coefficient (Wildman–Crippen LogP) is 3.58. The Labute approximate surface area is 157 Å². The number of halogens is 1. The Morgan fingerprint density at radius 3 is 2.62 bits per heavy atom. The van der Waals surface area contributed by atoms with Gasteiger partial charge in [-0.2, -0.15) is 0 Å². The number of likely N-dealkylation sites (tertiary alicyclic amines) is 1.